The van der Waals surface area contributed by atoms with Gasteiger partial charge in [0.25, 0.3) is 0 Å². The van der Waals surface area contributed by atoms with Gasteiger partial charge in [-0.1, -0.05) is 112 Å². The average Bonchev–Trinajstić information content (AvgIpc) is 3.00. The number of hydrogen-bond donors (Lipinski definition) is 5. The molecule has 0 heterocycles. The number of nitrogens with one attached hydrogen (secondary N) is 3. The Kier molecular flexibility index (Phi) is 14.4. The van der Waals surface area contributed by atoms with Crippen LogP contribution in [0, 0.1) is 5.41 Å². The van der Waals surface area contributed by atoms with Crippen molar-refractivity contribution in [3.63, 3.8) is 0 Å². The number of rotatable bonds is 16. The Bertz CT molecular complexity index is 1340. The van der Waals surface area contributed by atoms with Crippen LogP contribution < -0.4 is 16.0 Å². The number of aliphatic hydroxyl groups excluding tert-OH is 2. The minimum absolute atomic E-state index is 0.0845. The third-order valence-corrected chi connectivity index (χ3v) is 7.55. The largest absolute Gasteiger partial charge is 0.444 e. The monoisotopic (exact) mass is 647 g/mol. The zero-order chi connectivity index (χ0) is 34.5. The molecule has 0 bridgehead atoms. The molecular weight excluding hydrogens is 594 g/mol. The molecule has 0 saturated carbocycles. The molecule has 0 aliphatic carbocycles. The number of hydrogen-bond acceptors (Lipinski definition) is 7. The Hall–Kier alpha value is -3.76. The maximum Gasteiger partial charge on any atom is 0.407 e. The summed E-state index contributed by atoms with van der Waals surface area (Å²) in [6.45, 7) is 11.6. The first-order valence-corrected chi connectivity index (χ1v) is 16.3. The van der Waals surface area contributed by atoms with Crippen LogP contribution in [-0.4, -0.2) is 71.3 Å². The molecule has 9 heteroatoms. The van der Waals surface area contributed by atoms with Crippen LogP contribution in [0.25, 0.3) is 0 Å². The lowest BCUT2D eigenvalue weighted by Crippen LogP contribution is -2.55. The third-order valence-electron chi connectivity index (χ3n) is 7.55. The van der Waals surface area contributed by atoms with Gasteiger partial charge >= 0.3 is 6.09 Å². The van der Waals surface area contributed by atoms with Crippen molar-refractivity contribution >= 4 is 12.0 Å². The van der Waals surface area contributed by atoms with Crippen LogP contribution in [0.15, 0.2) is 91.0 Å². The Morgan fingerprint density at radius 3 is 1.51 bits per heavy atom. The van der Waals surface area contributed by atoms with Crippen molar-refractivity contribution < 1.29 is 29.3 Å². The number of amides is 2. The maximum absolute atomic E-state index is 13.7. The van der Waals surface area contributed by atoms with Gasteiger partial charge in [-0.25, -0.2) is 4.79 Å². The van der Waals surface area contributed by atoms with E-state index in [-0.39, 0.29) is 25.6 Å². The van der Waals surface area contributed by atoms with Gasteiger partial charge in [0.2, 0.25) is 5.91 Å². The maximum atomic E-state index is 13.7. The van der Waals surface area contributed by atoms with Gasteiger partial charge in [0.1, 0.15) is 11.7 Å². The second kappa shape index (κ2) is 18.0. The van der Waals surface area contributed by atoms with E-state index < -0.39 is 47.5 Å². The van der Waals surface area contributed by atoms with Gasteiger partial charge in [-0.3, -0.25) is 4.79 Å². The van der Waals surface area contributed by atoms with E-state index in [0.717, 1.165) is 16.7 Å². The van der Waals surface area contributed by atoms with Crippen molar-refractivity contribution in [2.75, 3.05) is 13.1 Å². The number of carbonyl (C=O) groups is 2. The van der Waals surface area contributed by atoms with Crippen molar-refractivity contribution in [1.82, 2.24) is 16.0 Å². The minimum Gasteiger partial charge on any atom is -0.444 e. The highest BCUT2D eigenvalue weighted by molar-refractivity contribution is 5.82. The summed E-state index contributed by atoms with van der Waals surface area (Å²) in [7, 11) is 0. The van der Waals surface area contributed by atoms with Gasteiger partial charge in [-0.05, 0) is 55.7 Å². The summed E-state index contributed by atoms with van der Waals surface area (Å²) in [6, 6.07) is 27.6. The molecule has 256 valence electrons. The van der Waals surface area contributed by atoms with Gasteiger partial charge in [-0.15, -0.1) is 0 Å². The van der Waals surface area contributed by atoms with Crippen molar-refractivity contribution in [3.05, 3.63) is 108 Å². The molecule has 5 atom stereocenters. The molecule has 0 aromatic heterocycles. The molecule has 2 amide bonds. The van der Waals surface area contributed by atoms with Gasteiger partial charge in [0, 0.05) is 13.1 Å². The highest BCUT2D eigenvalue weighted by atomic mass is 16.6. The van der Waals surface area contributed by atoms with E-state index >= 15 is 0 Å². The van der Waals surface area contributed by atoms with E-state index in [9.17, 15) is 19.8 Å². The van der Waals surface area contributed by atoms with Gasteiger partial charge < -0.3 is 35.6 Å². The fraction of sp³-hybridized carbons (Fsp3) is 0.474. The fourth-order valence-electron chi connectivity index (χ4n) is 5.16. The van der Waals surface area contributed by atoms with Crippen LogP contribution in [0.2, 0.25) is 0 Å². The van der Waals surface area contributed by atoms with Crippen LogP contribution in [0.5, 0.6) is 0 Å². The van der Waals surface area contributed by atoms with E-state index in [4.69, 9.17) is 9.47 Å². The molecule has 1 unspecified atom stereocenters. The summed E-state index contributed by atoms with van der Waals surface area (Å²) in [5, 5.41) is 31.6. The quantitative estimate of drug-likeness (QED) is 0.151. The van der Waals surface area contributed by atoms with E-state index in [1.807, 2.05) is 112 Å². The van der Waals surface area contributed by atoms with E-state index in [0.29, 0.717) is 12.8 Å². The predicted octanol–water partition coefficient (Wildman–Crippen LogP) is 4.79. The van der Waals surface area contributed by atoms with E-state index in [2.05, 4.69) is 16.0 Å². The molecule has 0 aliphatic rings. The Morgan fingerprint density at radius 1 is 0.660 bits per heavy atom. The number of benzene rings is 3. The molecular formula is C38H53N3O6. The van der Waals surface area contributed by atoms with Crippen LogP contribution in [-0.2, 0) is 33.7 Å². The van der Waals surface area contributed by atoms with Crippen molar-refractivity contribution in [2.45, 2.75) is 97.0 Å². The van der Waals surface area contributed by atoms with Crippen molar-refractivity contribution in [1.29, 1.82) is 0 Å². The zero-order valence-electron chi connectivity index (χ0n) is 28.6. The summed E-state index contributed by atoms with van der Waals surface area (Å²) >= 11 is 0. The Morgan fingerprint density at radius 2 is 1.09 bits per heavy atom. The molecule has 3 rings (SSSR count). The van der Waals surface area contributed by atoms with Gasteiger partial charge in [0.05, 0.1) is 30.9 Å². The summed E-state index contributed by atoms with van der Waals surface area (Å²) in [6.07, 6.45) is -2.59. The fourth-order valence-corrected chi connectivity index (χ4v) is 5.16. The minimum atomic E-state index is -0.993. The first-order chi connectivity index (χ1) is 22.2. The highest BCUT2D eigenvalue weighted by Gasteiger charge is 2.35. The summed E-state index contributed by atoms with van der Waals surface area (Å²) in [4.78, 5) is 26.3. The first kappa shape index (κ1) is 37.7. The van der Waals surface area contributed by atoms with Crippen LogP contribution in [0.3, 0.4) is 0 Å². The van der Waals surface area contributed by atoms with Crippen molar-refractivity contribution in [2.24, 2.45) is 5.41 Å². The normalized spacial score (nSPS) is 15.1. The molecule has 0 aliphatic heterocycles. The second-order valence-electron chi connectivity index (χ2n) is 14.1. The molecule has 0 saturated heterocycles. The van der Waals surface area contributed by atoms with Crippen LogP contribution in [0.4, 0.5) is 4.79 Å². The predicted molar refractivity (Wildman–Crippen MR) is 185 cm³/mol. The lowest BCUT2D eigenvalue weighted by molar-refractivity contribution is -0.143. The lowest BCUT2D eigenvalue weighted by atomic mass is 9.87. The second-order valence-corrected chi connectivity index (χ2v) is 14.1. The molecule has 0 spiro atoms. The molecule has 3 aromatic rings. The summed E-state index contributed by atoms with van der Waals surface area (Å²) < 4.78 is 11.6. The highest BCUT2D eigenvalue weighted by Crippen LogP contribution is 2.24. The van der Waals surface area contributed by atoms with Crippen LogP contribution >= 0.6 is 0 Å². The molecule has 3 aromatic carbocycles. The standard InChI is InChI=1S/C38H53N3O6/c1-37(2,3)34(46-26-29-20-14-9-15-21-29)35(44)40-30(22-27-16-10-7-11-17-27)32(42)24-39-25-33(43)31(23-28-18-12-8-13-19-28)41-36(45)47-38(4,5)6/h7-21,30-34,39,42-43H,22-26H2,1-6H3,(H,40,44)(H,41,45)/t30-,31-,32+,33+,34?/m0/s1. The molecule has 47 heavy (non-hydrogen) atoms. The smallest absolute Gasteiger partial charge is 0.407 e. The van der Waals surface area contributed by atoms with Crippen molar-refractivity contribution in [3.8, 4) is 0 Å². The molecule has 0 fully saturated rings. The average molecular weight is 648 g/mol. The van der Waals surface area contributed by atoms with Gasteiger partial charge in [-0.2, -0.15) is 0 Å². The van der Waals surface area contributed by atoms with Crippen LogP contribution in [0.1, 0.15) is 58.2 Å². The zero-order valence-corrected chi connectivity index (χ0v) is 28.6. The van der Waals surface area contributed by atoms with E-state index in [1.54, 1.807) is 20.8 Å². The Labute approximate surface area is 280 Å². The number of aliphatic hydroxyl groups is 2. The van der Waals surface area contributed by atoms with E-state index in [1.165, 1.54) is 0 Å². The Balaban J connectivity index is 1.68. The molecule has 5 N–H and O–H groups in total. The number of ether oxygens (including phenoxy) is 2. The number of alkyl carbamates (subject to hydrolysis) is 1. The SMILES string of the molecule is CC(C)(C)OC(=O)N[C@@H](Cc1ccccc1)[C@H](O)CNC[C@@H](O)[C@H](Cc1ccccc1)NC(=O)C(OCc1ccccc1)C(C)(C)C. The summed E-state index contributed by atoms with van der Waals surface area (Å²) in [5.41, 5.74) is 1.68. The number of carbonyl (C=O) groups excluding carboxylic acids is 2. The van der Waals surface area contributed by atoms with Gasteiger partial charge in [0.15, 0.2) is 0 Å². The molecule has 9 nitrogen and oxygen atoms in total. The third kappa shape index (κ3) is 13.9. The molecule has 0 radical (unpaired) electrons. The lowest BCUT2D eigenvalue weighted by Gasteiger charge is -2.33. The summed E-state index contributed by atoms with van der Waals surface area (Å²) in [5.74, 6) is -0.307. The first-order valence-electron chi connectivity index (χ1n) is 16.3. The topological polar surface area (TPSA) is 129 Å².